The minimum atomic E-state index is -3.92. The van der Waals surface area contributed by atoms with Crippen LogP contribution in [0.25, 0.3) is 0 Å². The predicted octanol–water partition coefficient (Wildman–Crippen LogP) is 3.81. The Bertz CT molecular complexity index is 905. The summed E-state index contributed by atoms with van der Waals surface area (Å²) in [4.78, 5) is 12.2. The van der Waals surface area contributed by atoms with Gasteiger partial charge in [0.05, 0.1) is 28.3 Å². The van der Waals surface area contributed by atoms with E-state index in [0.717, 1.165) is 0 Å². The number of hydrogen-bond acceptors (Lipinski definition) is 4. The maximum absolute atomic E-state index is 12.5. The molecule has 0 aliphatic heterocycles. The Kier molecular flexibility index (Phi) is 7.05. The first kappa shape index (κ1) is 20.7. The van der Waals surface area contributed by atoms with Crippen LogP contribution in [0.3, 0.4) is 0 Å². The lowest BCUT2D eigenvalue weighted by molar-refractivity contribution is -0.117. The molecular formula is C17H18BrClN2O4S. The van der Waals surface area contributed by atoms with Crippen LogP contribution in [-0.2, 0) is 14.8 Å². The zero-order valence-corrected chi connectivity index (χ0v) is 17.3. The van der Waals surface area contributed by atoms with Crippen molar-refractivity contribution in [3.8, 4) is 5.75 Å². The third-order valence-corrected chi connectivity index (χ3v) is 5.90. The van der Waals surface area contributed by atoms with E-state index in [1.54, 1.807) is 25.1 Å². The van der Waals surface area contributed by atoms with Crippen molar-refractivity contribution < 1.29 is 17.9 Å². The molecule has 2 rings (SSSR count). The zero-order chi connectivity index (χ0) is 19.3. The van der Waals surface area contributed by atoms with E-state index in [4.69, 9.17) is 16.3 Å². The molecule has 0 spiro atoms. The van der Waals surface area contributed by atoms with Gasteiger partial charge in [-0.2, -0.15) is 4.72 Å². The average molecular weight is 462 g/mol. The molecule has 1 atom stereocenters. The molecule has 9 heteroatoms. The molecule has 26 heavy (non-hydrogen) atoms. The average Bonchev–Trinajstić information content (AvgIpc) is 2.58. The Hall–Kier alpha value is -1.61. The number of benzene rings is 2. The number of rotatable bonds is 7. The summed E-state index contributed by atoms with van der Waals surface area (Å²) in [6, 6.07) is 10.2. The number of hydrogen-bond donors (Lipinski definition) is 2. The smallest absolute Gasteiger partial charge is 0.242 e. The van der Waals surface area contributed by atoms with Crippen molar-refractivity contribution in [1.82, 2.24) is 4.72 Å². The van der Waals surface area contributed by atoms with Crippen LogP contribution in [0.2, 0.25) is 5.02 Å². The van der Waals surface area contributed by atoms with E-state index < -0.39 is 22.0 Å². The third-order valence-electron chi connectivity index (χ3n) is 3.37. The van der Waals surface area contributed by atoms with Crippen molar-refractivity contribution in [2.24, 2.45) is 0 Å². The minimum absolute atomic E-state index is 0.0495. The van der Waals surface area contributed by atoms with Gasteiger partial charge in [-0.15, -0.1) is 0 Å². The second-order valence-electron chi connectivity index (χ2n) is 5.34. The van der Waals surface area contributed by atoms with E-state index in [1.165, 1.54) is 25.1 Å². The lowest BCUT2D eigenvalue weighted by Crippen LogP contribution is -2.41. The molecule has 0 radical (unpaired) electrons. The molecule has 0 unspecified atom stereocenters. The number of amides is 1. The number of nitrogens with one attached hydrogen (secondary N) is 2. The molecule has 0 aromatic heterocycles. The molecule has 0 saturated heterocycles. The summed E-state index contributed by atoms with van der Waals surface area (Å²) < 4.78 is 33.3. The second kappa shape index (κ2) is 8.85. The third kappa shape index (κ3) is 5.20. The number of para-hydroxylation sites is 1. The number of ether oxygens (including phenoxy) is 1. The van der Waals surface area contributed by atoms with Gasteiger partial charge in [0.1, 0.15) is 5.75 Å². The Morgan fingerprint density at radius 3 is 2.58 bits per heavy atom. The van der Waals surface area contributed by atoms with E-state index in [0.29, 0.717) is 22.5 Å². The van der Waals surface area contributed by atoms with Crippen LogP contribution in [0.4, 0.5) is 5.69 Å². The monoisotopic (exact) mass is 460 g/mol. The van der Waals surface area contributed by atoms with Crippen molar-refractivity contribution in [3.05, 3.63) is 52.0 Å². The molecule has 0 bridgehead atoms. The van der Waals surface area contributed by atoms with Gasteiger partial charge in [0, 0.05) is 4.47 Å². The van der Waals surface area contributed by atoms with Crippen molar-refractivity contribution in [3.63, 3.8) is 0 Å². The van der Waals surface area contributed by atoms with Gasteiger partial charge >= 0.3 is 0 Å². The molecular weight excluding hydrogens is 444 g/mol. The summed E-state index contributed by atoms with van der Waals surface area (Å²) >= 11 is 9.36. The number of carbonyl (C=O) groups is 1. The molecule has 0 aliphatic carbocycles. The molecule has 0 fully saturated rings. The summed E-state index contributed by atoms with van der Waals surface area (Å²) in [5.74, 6) is -0.0923. The minimum Gasteiger partial charge on any atom is -0.492 e. The maximum atomic E-state index is 12.5. The van der Waals surface area contributed by atoms with Gasteiger partial charge in [0.25, 0.3) is 0 Å². The van der Waals surface area contributed by atoms with E-state index in [9.17, 15) is 13.2 Å². The molecule has 2 aromatic carbocycles. The van der Waals surface area contributed by atoms with Gasteiger partial charge in [0.15, 0.2) is 0 Å². The first-order valence-corrected chi connectivity index (χ1v) is 10.4. The molecule has 1 amide bonds. The van der Waals surface area contributed by atoms with Crippen LogP contribution in [0.1, 0.15) is 13.8 Å². The number of anilines is 1. The standard InChI is InChI=1S/C17H18BrClN2O4S/c1-3-25-16-9-8-12(10-14(16)19)26(23,24)21-11(2)17(22)20-15-7-5-4-6-13(15)18/h4-11,21H,3H2,1-2H3,(H,20,22)/t11-/m1/s1. The quantitative estimate of drug-likeness (QED) is 0.657. The van der Waals surface area contributed by atoms with Crippen molar-refractivity contribution in [2.45, 2.75) is 24.8 Å². The zero-order valence-electron chi connectivity index (χ0n) is 14.1. The van der Waals surface area contributed by atoms with Crippen LogP contribution < -0.4 is 14.8 Å². The van der Waals surface area contributed by atoms with Crippen LogP contribution in [-0.4, -0.2) is 27.0 Å². The lowest BCUT2D eigenvalue weighted by atomic mass is 10.3. The van der Waals surface area contributed by atoms with Crippen LogP contribution in [0.15, 0.2) is 51.8 Å². The lowest BCUT2D eigenvalue weighted by Gasteiger charge is -2.15. The van der Waals surface area contributed by atoms with Crippen molar-refractivity contribution in [1.29, 1.82) is 0 Å². The van der Waals surface area contributed by atoms with E-state index >= 15 is 0 Å². The highest BCUT2D eigenvalue weighted by Crippen LogP contribution is 2.27. The van der Waals surface area contributed by atoms with Gasteiger partial charge in [-0.3, -0.25) is 4.79 Å². The molecule has 0 heterocycles. The molecule has 140 valence electrons. The van der Waals surface area contributed by atoms with Gasteiger partial charge in [-0.05, 0) is 60.1 Å². The summed E-state index contributed by atoms with van der Waals surface area (Å²) in [7, 11) is -3.92. The Morgan fingerprint density at radius 2 is 1.96 bits per heavy atom. The van der Waals surface area contributed by atoms with Gasteiger partial charge in [-0.1, -0.05) is 23.7 Å². The van der Waals surface area contributed by atoms with Crippen LogP contribution >= 0.6 is 27.5 Å². The highest BCUT2D eigenvalue weighted by molar-refractivity contribution is 9.10. The summed E-state index contributed by atoms with van der Waals surface area (Å²) in [6.45, 7) is 3.67. The highest BCUT2D eigenvalue weighted by atomic mass is 79.9. The van der Waals surface area contributed by atoms with Crippen LogP contribution in [0.5, 0.6) is 5.75 Å². The Labute approximate surface area is 166 Å². The summed E-state index contributed by atoms with van der Waals surface area (Å²) in [5.41, 5.74) is 0.549. The van der Waals surface area contributed by atoms with E-state index in [-0.39, 0.29) is 9.92 Å². The highest BCUT2D eigenvalue weighted by Gasteiger charge is 2.23. The molecule has 2 aromatic rings. The normalized spacial score (nSPS) is 12.5. The topological polar surface area (TPSA) is 84.5 Å². The van der Waals surface area contributed by atoms with Gasteiger partial charge < -0.3 is 10.1 Å². The molecule has 0 aliphatic rings. The first-order valence-electron chi connectivity index (χ1n) is 7.74. The summed E-state index contributed by atoms with van der Waals surface area (Å²) in [5, 5.41) is 2.84. The van der Waals surface area contributed by atoms with Crippen molar-refractivity contribution >= 4 is 49.1 Å². The van der Waals surface area contributed by atoms with E-state index in [1.807, 2.05) is 6.07 Å². The van der Waals surface area contributed by atoms with Crippen LogP contribution in [0, 0.1) is 0 Å². The molecule has 6 nitrogen and oxygen atoms in total. The second-order valence-corrected chi connectivity index (χ2v) is 8.31. The predicted molar refractivity (Wildman–Crippen MR) is 105 cm³/mol. The van der Waals surface area contributed by atoms with Gasteiger partial charge in [0.2, 0.25) is 15.9 Å². The molecule has 0 saturated carbocycles. The largest absolute Gasteiger partial charge is 0.492 e. The fourth-order valence-electron chi connectivity index (χ4n) is 2.08. The first-order chi connectivity index (χ1) is 12.2. The number of halogens is 2. The Morgan fingerprint density at radius 1 is 1.27 bits per heavy atom. The summed E-state index contributed by atoms with van der Waals surface area (Å²) in [6.07, 6.45) is 0. The van der Waals surface area contributed by atoms with Gasteiger partial charge in [-0.25, -0.2) is 8.42 Å². The fourth-order valence-corrected chi connectivity index (χ4v) is 3.99. The van der Waals surface area contributed by atoms with E-state index in [2.05, 4.69) is 26.0 Å². The number of carbonyl (C=O) groups excluding carboxylic acids is 1. The maximum Gasteiger partial charge on any atom is 0.242 e. The SMILES string of the molecule is CCOc1ccc(S(=O)(=O)N[C@H](C)C(=O)Nc2ccccc2Br)cc1Cl. The Balaban J connectivity index is 2.11. The fraction of sp³-hybridized carbons (Fsp3) is 0.235. The van der Waals surface area contributed by atoms with Crippen molar-refractivity contribution in [2.75, 3.05) is 11.9 Å². The number of sulfonamides is 1. The molecule has 2 N–H and O–H groups in total.